The van der Waals surface area contributed by atoms with E-state index < -0.39 is 17.4 Å². The Balaban J connectivity index is 2.35. The van der Waals surface area contributed by atoms with Gasteiger partial charge < -0.3 is 10.0 Å². The number of hydrogen-bond acceptors (Lipinski definition) is 2. The Morgan fingerprint density at radius 2 is 2.05 bits per heavy atom. The SMILES string of the molecule is Cc1cc(C(=O)N2CCCC(C)(C)C2C(=O)O)ccc1Cl. The maximum absolute atomic E-state index is 12.7. The molecular formula is C16H20ClNO3. The van der Waals surface area contributed by atoms with Gasteiger partial charge in [0, 0.05) is 17.1 Å². The number of halogens is 1. The monoisotopic (exact) mass is 309 g/mol. The Hall–Kier alpha value is -1.55. The van der Waals surface area contributed by atoms with Gasteiger partial charge in [0.15, 0.2) is 0 Å². The van der Waals surface area contributed by atoms with Crippen LogP contribution in [0.3, 0.4) is 0 Å². The number of hydrogen-bond donors (Lipinski definition) is 1. The molecule has 0 aliphatic carbocycles. The molecule has 0 radical (unpaired) electrons. The lowest BCUT2D eigenvalue weighted by Crippen LogP contribution is -2.56. The smallest absolute Gasteiger partial charge is 0.326 e. The molecular weight excluding hydrogens is 290 g/mol. The number of rotatable bonds is 2. The number of aliphatic carboxylic acids is 1. The molecule has 4 nitrogen and oxygen atoms in total. The molecule has 1 saturated heterocycles. The van der Waals surface area contributed by atoms with Crippen molar-refractivity contribution in [3.05, 3.63) is 34.3 Å². The third-order valence-corrected chi connectivity index (χ3v) is 4.60. The number of carbonyl (C=O) groups excluding carboxylic acids is 1. The van der Waals surface area contributed by atoms with Gasteiger partial charge in [-0.05, 0) is 48.9 Å². The summed E-state index contributed by atoms with van der Waals surface area (Å²) in [6, 6.07) is 4.24. The number of nitrogens with zero attached hydrogens (tertiary/aromatic N) is 1. The Kier molecular flexibility index (Phi) is 4.28. The first-order valence-corrected chi connectivity index (χ1v) is 7.42. The molecule has 1 aliphatic heterocycles. The molecule has 1 N–H and O–H groups in total. The highest BCUT2D eigenvalue weighted by Crippen LogP contribution is 2.36. The minimum atomic E-state index is -0.946. The minimum Gasteiger partial charge on any atom is -0.480 e. The summed E-state index contributed by atoms with van der Waals surface area (Å²) in [6.07, 6.45) is 1.61. The quantitative estimate of drug-likeness (QED) is 0.911. The largest absolute Gasteiger partial charge is 0.480 e. The number of amides is 1. The lowest BCUT2D eigenvalue weighted by atomic mass is 9.76. The highest BCUT2D eigenvalue weighted by Gasteiger charge is 2.44. The lowest BCUT2D eigenvalue weighted by molar-refractivity contribution is -0.148. The maximum Gasteiger partial charge on any atom is 0.326 e. The Morgan fingerprint density at radius 1 is 1.38 bits per heavy atom. The van der Waals surface area contributed by atoms with Gasteiger partial charge in [-0.2, -0.15) is 0 Å². The number of aryl methyl sites for hydroxylation is 1. The van der Waals surface area contributed by atoms with Crippen LogP contribution in [0.5, 0.6) is 0 Å². The molecule has 0 spiro atoms. The highest BCUT2D eigenvalue weighted by atomic mass is 35.5. The molecule has 21 heavy (non-hydrogen) atoms. The van der Waals surface area contributed by atoms with Crippen LogP contribution in [0.15, 0.2) is 18.2 Å². The summed E-state index contributed by atoms with van der Waals surface area (Å²) in [5, 5.41) is 10.1. The van der Waals surface area contributed by atoms with Crippen LogP contribution in [0.2, 0.25) is 5.02 Å². The van der Waals surface area contributed by atoms with Gasteiger partial charge in [0.1, 0.15) is 6.04 Å². The van der Waals surface area contributed by atoms with Gasteiger partial charge in [-0.3, -0.25) is 4.79 Å². The van der Waals surface area contributed by atoms with Gasteiger partial charge in [0.05, 0.1) is 0 Å². The fourth-order valence-corrected chi connectivity index (χ4v) is 3.14. The molecule has 5 heteroatoms. The highest BCUT2D eigenvalue weighted by molar-refractivity contribution is 6.31. The summed E-state index contributed by atoms with van der Waals surface area (Å²) in [5.74, 6) is -1.19. The van der Waals surface area contributed by atoms with E-state index in [9.17, 15) is 14.7 Å². The normalized spacial score (nSPS) is 21.1. The van der Waals surface area contributed by atoms with Gasteiger partial charge in [-0.25, -0.2) is 4.79 Å². The van der Waals surface area contributed by atoms with Crippen molar-refractivity contribution in [2.24, 2.45) is 5.41 Å². The van der Waals surface area contributed by atoms with Crippen molar-refractivity contribution in [2.75, 3.05) is 6.54 Å². The maximum atomic E-state index is 12.7. The third kappa shape index (κ3) is 3.05. The minimum absolute atomic E-state index is 0.241. The zero-order chi connectivity index (χ0) is 15.8. The van der Waals surface area contributed by atoms with Crippen LogP contribution in [-0.4, -0.2) is 34.5 Å². The summed E-state index contributed by atoms with van der Waals surface area (Å²) in [7, 11) is 0. The molecule has 1 aromatic carbocycles. The van der Waals surface area contributed by atoms with Crippen LogP contribution >= 0.6 is 11.6 Å². The first kappa shape index (κ1) is 15.8. The molecule has 1 fully saturated rings. The van der Waals surface area contributed by atoms with Crippen LogP contribution in [0.4, 0.5) is 0 Å². The third-order valence-electron chi connectivity index (χ3n) is 4.17. The number of benzene rings is 1. The summed E-state index contributed by atoms with van der Waals surface area (Å²) < 4.78 is 0. The van der Waals surface area contributed by atoms with E-state index in [0.29, 0.717) is 17.1 Å². The second kappa shape index (κ2) is 5.68. The van der Waals surface area contributed by atoms with Crippen LogP contribution in [0.1, 0.15) is 42.6 Å². The molecule has 114 valence electrons. The van der Waals surface area contributed by atoms with Crippen molar-refractivity contribution < 1.29 is 14.7 Å². The van der Waals surface area contributed by atoms with E-state index in [1.54, 1.807) is 18.2 Å². The molecule has 1 aromatic rings. The van der Waals surface area contributed by atoms with E-state index in [2.05, 4.69) is 0 Å². The van der Waals surface area contributed by atoms with E-state index in [-0.39, 0.29) is 5.91 Å². The molecule has 2 rings (SSSR count). The first-order chi connectivity index (χ1) is 9.74. The van der Waals surface area contributed by atoms with Crippen molar-refractivity contribution in [2.45, 2.75) is 39.7 Å². The van der Waals surface area contributed by atoms with E-state index in [4.69, 9.17) is 11.6 Å². The molecule has 1 unspecified atom stereocenters. The van der Waals surface area contributed by atoms with Gasteiger partial charge in [-0.15, -0.1) is 0 Å². The summed E-state index contributed by atoms with van der Waals surface area (Å²) in [4.78, 5) is 25.8. The number of carboxylic acids is 1. The number of piperidine rings is 1. The summed E-state index contributed by atoms with van der Waals surface area (Å²) >= 11 is 5.98. The first-order valence-electron chi connectivity index (χ1n) is 7.04. The average Bonchev–Trinajstić information content (AvgIpc) is 2.39. The van der Waals surface area contributed by atoms with Crippen LogP contribution in [0, 0.1) is 12.3 Å². The van der Waals surface area contributed by atoms with Gasteiger partial charge in [0.2, 0.25) is 0 Å². The predicted molar refractivity (Wildman–Crippen MR) is 81.7 cm³/mol. The van der Waals surface area contributed by atoms with Crippen LogP contribution in [0.25, 0.3) is 0 Å². The topological polar surface area (TPSA) is 57.6 Å². The van der Waals surface area contributed by atoms with E-state index in [1.807, 2.05) is 20.8 Å². The Bertz CT molecular complexity index is 583. The summed E-state index contributed by atoms with van der Waals surface area (Å²) in [5.41, 5.74) is 0.868. The zero-order valence-electron chi connectivity index (χ0n) is 12.5. The number of carboxylic acid groups (broad SMARTS) is 1. The Morgan fingerprint density at radius 3 is 2.62 bits per heavy atom. The van der Waals surface area contributed by atoms with Crippen LogP contribution < -0.4 is 0 Å². The number of carbonyl (C=O) groups is 2. The fraction of sp³-hybridized carbons (Fsp3) is 0.500. The van der Waals surface area contributed by atoms with Crippen molar-refractivity contribution in [1.82, 2.24) is 4.90 Å². The van der Waals surface area contributed by atoms with Crippen molar-refractivity contribution >= 4 is 23.5 Å². The summed E-state index contributed by atoms with van der Waals surface area (Å²) in [6.45, 7) is 6.10. The average molecular weight is 310 g/mol. The molecule has 0 aromatic heterocycles. The second-order valence-electron chi connectivity index (χ2n) is 6.30. The molecule has 0 bridgehead atoms. The van der Waals surface area contributed by atoms with Crippen molar-refractivity contribution in [1.29, 1.82) is 0 Å². The van der Waals surface area contributed by atoms with Gasteiger partial charge >= 0.3 is 5.97 Å². The fourth-order valence-electron chi connectivity index (χ4n) is 3.02. The molecule has 1 amide bonds. The Labute approximate surface area is 129 Å². The lowest BCUT2D eigenvalue weighted by Gasteiger charge is -2.44. The predicted octanol–water partition coefficient (Wildman–Crippen LogP) is 3.36. The standard InChI is InChI=1S/C16H20ClNO3/c1-10-9-11(5-6-12(10)17)14(19)18-8-4-7-16(2,3)13(18)15(20)21/h5-6,9,13H,4,7-8H2,1-3H3,(H,20,21). The van der Waals surface area contributed by atoms with E-state index in [1.165, 1.54) is 4.90 Å². The molecule has 1 atom stereocenters. The molecule has 1 aliphatic rings. The zero-order valence-corrected chi connectivity index (χ0v) is 13.3. The molecule has 0 saturated carbocycles. The van der Waals surface area contributed by atoms with E-state index >= 15 is 0 Å². The van der Waals surface area contributed by atoms with Gasteiger partial charge in [0.25, 0.3) is 5.91 Å². The van der Waals surface area contributed by atoms with Crippen molar-refractivity contribution in [3.63, 3.8) is 0 Å². The molecule has 1 heterocycles. The van der Waals surface area contributed by atoms with Crippen molar-refractivity contribution in [3.8, 4) is 0 Å². The van der Waals surface area contributed by atoms with Crippen LogP contribution in [-0.2, 0) is 4.79 Å². The van der Waals surface area contributed by atoms with Gasteiger partial charge in [-0.1, -0.05) is 25.4 Å². The van der Waals surface area contributed by atoms with E-state index in [0.717, 1.165) is 18.4 Å². The number of likely N-dealkylation sites (tertiary alicyclic amines) is 1. The second-order valence-corrected chi connectivity index (χ2v) is 6.70.